The Morgan fingerprint density at radius 2 is 1.68 bits per heavy atom. The van der Waals surface area contributed by atoms with Crippen LogP contribution in [0.5, 0.6) is 28.7 Å². The Morgan fingerprint density at radius 1 is 0.919 bits per heavy atom. The van der Waals surface area contributed by atoms with Crippen molar-refractivity contribution >= 4 is 17.4 Å². The molecule has 190 valence electrons. The Kier molecular flexibility index (Phi) is 6.35. The summed E-state index contributed by atoms with van der Waals surface area (Å²) in [5.74, 6) is 0.581. The van der Waals surface area contributed by atoms with Crippen molar-refractivity contribution in [3.05, 3.63) is 82.9 Å². The van der Waals surface area contributed by atoms with Crippen LogP contribution in [0.15, 0.2) is 66.2 Å². The molecule has 37 heavy (non-hydrogen) atoms. The lowest BCUT2D eigenvalue weighted by Gasteiger charge is -2.26. The van der Waals surface area contributed by atoms with Gasteiger partial charge in [0.1, 0.15) is 23.0 Å². The lowest BCUT2D eigenvalue weighted by atomic mass is 9.94. The van der Waals surface area contributed by atoms with E-state index in [-0.39, 0.29) is 30.2 Å². The summed E-state index contributed by atoms with van der Waals surface area (Å²) in [6, 6.07) is 16.3. The maximum absolute atomic E-state index is 13.4. The number of carbonyl (C=O) groups excluding carboxylic acids is 2. The van der Waals surface area contributed by atoms with Gasteiger partial charge in [0.25, 0.3) is 11.7 Å². The van der Waals surface area contributed by atoms with Gasteiger partial charge in [0, 0.05) is 6.54 Å². The monoisotopic (exact) mass is 503 g/mol. The molecule has 2 heterocycles. The quantitative estimate of drug-likeness (QED) is 0.293. The number of ether oxygens (including phenoxy) is 5. The van der Waals surface area contributed by atoms with Gasteiger partial charge in [-0.3, -0.25) is 9.59 Å². The molecule has 0 saturated carbocycles. The number of hydrogen-bond donors (Lipinski definition) is 1. The first kappa shape index (κ1) is 24.1. The molecule has 2 aliphatic rings. The molecule has 1 saturated heterocycles. The summed E-state index contributed by atoms with van der Waals surface area (Å²) in [5, 5.41) is 11.5. The molecule has 1 fully saturated rings. The zero-order valence-corrected chi connectivity index (χ0v) is 20.5. The molecule has 1 unspecified atom stereocenters. The molecule has 1 N–H and O–H groups in total. The second-order valence-electron chi connectivity index (χ2n) is 8.46. The summed E-state index contributed by atoms with van der Waals surface area (Å²) >= 11 is 0. The average Bonchev–Trinajstić information content (AvgIpc) is 3.50. The van der Waals surface area contributed by atoms with Crippen molar-refractivity contribution in [1.82, 2.24) is 4.90 Å². The molecule has 0 radical (unpaired) electrons. The van der Waals surface area contributed by atoms with Crippen molar-refractivity contribution in [2.24, 2.45) is 0 Å². The summed E-state index contributed by atoms with van der Waals surface area (Å²) in [7, 11) is 4.48. The molecule has 0 bridgehead atoms. The Bertz CT molecular complexity index is 1410. The number of fused-ring (bicyclic) bond motifs is 1. The van der Waals surface area contributed by atoms with Crippen LogP contribution in [0.2, 0.25) is 0 Å². The number of carbonyl (C=O) groups is 2. The van der Waals surface area contributed by atoms with Gasteiger partial charge in [0.15, 0.2) is 11.5 Å². The molecule has 0 spiro atoms. The Labute approximate surface area is 213 Å². The second kappa shape index (κ2) is 9.77. The van der Waals surface area contributed by atoms with Gasteiger partial charge in [-0.1, -0.05) is 18.2 Å². The maximum atomic E-state index is 13.4. The van der Waals surface area contributed by atoms with Crippen molar-refractivity contribution < 1.29 is 38.4 Å². The topological polar surface area (TPSA) is 104 Å². The molecule has 5 rings (SSSR count). The van der Waals surface area contributed by atoms with Crippen molar-refractivity contribution in [3.63, 3.8) is 0 Å². The summed E-state index contributed by atoms with van der Waals surface area (Å²) < 4.78 is 27.0. The highest BCUT2D eigenvalue weighted by molar-refractivity contribution is 6.46. The first-order valence-electron chi connectivity index (χ1n) is 11.5. The third kappa shape index (κ3) is 4.29. The first-order chi connectivity index (χ1) is 17.9. The summed E-state index contributed by atoms with van der Waals surface area (Å²) in [6.07, 6.45) is 0. The highest BCUT2D eigenvalue weighted by atomic mass is 16.7. The molecule has 0 aliphatic carbocycles. The number of benzene rings is 3. The minimum atomic E-state index is -0.892. The lowest BCUT2D eigenvalue weighted by molar-refractivity contribution is -0.140. The number of aliphatic hydroxyl groups is 1. The van der Waals surface area contributed by atoms with E-state index >= 15 is 0 Å². The van der Waals surface area contributed by atoms with Crippen LogP contribution < -0.4 is 23.7 Å². The number of aliphatic hydroxyl groups excluding tert-OH is 1. The number of nitrogens with zero attached hydrogens (tertiary/aromatic N) is 1. The maximum Gasteiger partial charge on any atom is 0.295 e. The summed E-state index contributed by atoms with van der Waals surface area (Å²) in [4.78, 5) is 28.3. The molecule has 9 nitrogen and oxygen atoms in total. The van der Waals surface area contributed by atoms with Crippen molar-refractivity contribution in [2.45, 2.75) is 12.6 Å². The number of ketones is 1. The normalized spacial score (nSPS) is 17.7. The van der Waals surface area contributed by atoms with E-state index in [9.17, 15) is 14.7 Å². The molecule has 3 aromatic rings. The number of rotatable bonds is 7. The third-order valence-corrected chi connectivity index (χ3v) is 6.40. The van der Waals surface area contributed by atoms with Gasteiger partial charge in [-0.15, -0.1) is 0 Å². The SMILES string of the molecule is COc1cccc(C2/C(=C(\O)c3cc(OC)ccc3OC)C(=O)C(=O)N2Cc2ccc3c(c2)OCO3)c1. The predicted octanol–water partition coefficient (Wildman–Crippen LogP) is 4.06. The van der Waals surface area contributed by atoms with Crippen molar-refractivity contribution in [3.8, 4) is 28.7 Å². The molecule has 2 aliphatic heterocycles. The second-order valence-corrected chi connectivity index (χ2v) is 8.46. The van der Waals surface area contributed by atoms with Crippen LogP contribution in [0.1, 0.15) is 22.7 Å². The number of likely N-dealkylation sites (tertiary alicyclic amines) is 1. The van der Waals surface area contributed by atoms with Gasteiger partial charge in [0.2, 0.25) is 6.79 Å². The fourth-order valence-corrected chi connectivity index (χ4v) is 4.58. The number of methoxy groups -OCH3 is 3. The van der Waals surface area contributed by atoms with Gasteiger partial charge in [-0.25, -0.2) is 0 Å². The Balaban J connectivity index is 1.66. The predicted molar refractivity (Wildman–Crippen MR) is 133 cm³/mol. The van der Waals surface area contributed by atoms with Gasteiger partial charge in [0.05, 0.1) is 38.5 Å². The largest absolute Gasteiger partial charge is 0.507 e. The van der Waals surface area contributed by atoms with E-state index in [1.807, 2.05) is 0 Å². The van der Waals surface area contributed by atoms with E-state index in [0.29, 0.717) is 34.3 Å². The summed E-state index contributed by atoms with van der Waals surface area (Å²) in [5.41, 5.74) is 1.50. The van der Waals surface area contributed by atoms with E-state index < -0.39 is 17.7 Å². The number of amides is 1. The minimum absolute atomic E-state index is 0.0643. The Morgan fingerprint density at radius 3 is 2.43 bits per heavy atom. The lowest BCUT2D eigenvalue weighted by Crippen LogP contribution is -2.29. The number of hydrogen-bond acceptors (Lipinski definition) is 8. The molecule has 1 atom stereocenters. The molecular weight excluding hydrogens is 478 g/mol. The molecule has 3 aromatic carbocycles. The van der Waals surface area contributed by atoms with E-state index in [4.69, 9.17) is 23.7 Å². The van der Waals surface area contributed by atoms with Gasteiger partial charge in [-0.2, -0.15) is 0 Å². The zero-order chi connectivity index (χ0) is 26.1. The van der Waals surface area contributed by atoms with Crippen molar-refractivity contribution in [1.29, 1.82) is 0 Å². The molecule has 0 aromatic heterocycles. The standard InChI is InChI=1S/C28H25NO8/c1-33-18-6-4-5-17(12-18)25-24(26(30)20-13-19(34-2)8-10-21(20)35-3)27(31)28(32)29(25)14-16-7-9-22-23(11-16)37-15-36-22/h4-13,25,30H,14-15H2,1-3H3/b26-24+. The van der Waals surface area contributed by atoms with E-state index in [1.165, 1.54) is 26.2 Å². The molecular formula is C28H25NO8. The average molecular weight is 504 g/mol. The van der Waals surface area contributed by atoms with Crippen LogP contribution in [0.3, 0.4) is 0 Å². The van der Waals surface area contributed by atoms with Crippen LogP contribution in [-0.2, 0) is 16.1 Å². The Hall–Kier alpha value is -4.66. The molecule has 9 heteroatoms. The fraction of sp³-hybridized carbons (Fsp3) is 0.214. The first-order valence-corrected chi connectivity index (χ1v) is 11.5. The number of Topliss-reactive ketones (excluding diaryl/α,β-unsaturated/α-hetero) is 1. The van der Waals surface area contributed by atoms with Crippen molar-refractivity contribution in [2.75, 3.05) is 28.1 Å². The van der Waals surface area contributed by atoms with E-state index in [2.05, 4.69) is 0 Å². The highest BCUT2D eigenvalue weighted by Crippen LogP contribution is 2.43. The van der Waals surface area contributed by atoms with Gasteiger partial charge >= 0.3 is 0 Å². The minimum Gasteiger partial charge on any atom is -0.507 e. The summed E-state index contributed by atoms with van der Waals surface area (Å²) in [6.45, 7) is 0.213. The van der Waals surface area contributed by atoms with Gasteiger partial charge < -0.3 is 33.7 Å². The van der Waals surface area contributed by atoms with Crippen LogP contribution in [-0.4, -0.2) is 49.8 Å². The smallest absolute Gasteiger partial charge is 0.295 e. The molecule has 1 amide bonds. The zero-order valence-electron chi connectivity index (χ0n) is 20.5. The fourth-order valence-electron chi connectivity index (χ4n) is 4.58. The third-order valence-electron chi connectivity index (χ3n) is 6.40. The van der Waals surface area contributed by atoms with Crippen LogP contribution in [0, 0.1) is 0 Å². The van der Waals surface area contributed by atoms with Gasteiger partial charge in [-0.05, 0) is 53.6 Å². The van der Waals surface area contributed by atoms with E-state index in [0.717, 1.165) is 5.56 Å². The van der Waals surface area contributed by atoms with Crippen LogP contribution in [0.4, 0.5) is 0 Å². The highest BCUT2D eigenvalue weighted by Gasteiger charge is 2.46. The van der Waals surface area contributed by atoms with Crippen LogP contribution >= 0.6 is 0 Å². The van der Waals surface area contributed by atoms with E-state index in [1.54, 1.807) is 60.7 Å². The van der Waals surface area contributed by atoms with Crippen LogP contribution in [0.25, 0.3) is 5.76 Å².